The number of thioether (sulfide) groups is 1. The molecule has 2 heterocycles. The number of esters is 1. The number of nitrogens with zero attached hydrogens (tertiary/aromatic N) is 2. The van der Waals surface area contributed by atoms with Crippen LogP contribution in [0.2, 0.25) is 0 Å². The lowest BCUT2D eigenvalue weighted by Gasteiger charge is -2.13. The number of hydrogen-bond donors (Lipinski definition) is 2. The highest BCUT2D eigenvalue weighted by Crippen LogP contribution is 2.19. The molecule has 2 aromatic rings. The standard InChI is InChI=1S/C17H24N4O4S/c1-5-25-14(23)7-18-13(22)9-26-17-20-12-6-11(4)19-15(12)16(24)21(17)8-10(2)3/h6,10,19H,5,7-9H2,1-4H3,(H,18,22). The molecule has 0 bridgehead atoms. The second-order valence-corrected chi connectivity index (χ2v) is 7.23. The first kappa shape index (κ1) is 20.0. The lowest BCUT2D eigenvalue weighted by atomic mass is 10.2. The van der Waals surface area contributed by atoms with Crippen molar-refractivity contribution < 1.29 is 14.3 Å². The predicted molar refractivity (Wildman–Crippen MR) is 100 cm³/mol. The Kier molecular flexibility index (Phi) is 6.84. The van der Waals surface area contributed by atoms with Crippen LogP contribution in [-0.2, 0) is 20.9 Å². The van der Waals surface area contributed by atoms with E-state index in [9.17, 15) is 14.4 Å². The summed E-state index contributed by atoms with van der Waals surface area (Å²) in [5.74, 6) is -0.498. The molecule has 2 rings (SSSR count). The fraction of sp³-hybridized carbons (Fsp3) is 0.529. The summed E-state index contributed by atoms with van der Waals surface area (Å²) in [5, 5.41) is 2.99. The Morgan fingerprint density at radius 3 is 2.81 bits per heavy atom. The van der Waals surface area contributed by atoms with Crippen LogP contribution in [-0.4, -0.2) is 45.3 Å². The van der Waals surface area contributed by atoms with E-state index in [1.54, 1.807) is 17.6 Å². The van der Waals surface area contributed by atoms with Gasteiger partial charge in [0.15, 0.2) is 5.16 Å². The van der Waals surface area contributed by atoms with Crippen molar-refractivity contribution in [2.45, 2.75) is 39.4 Å². The molecule has 0 aliphatic carbocycles. The monoisotopic (exact) mass is 380 g/mol. The van der Waals surface area contributed by atoms with E-state index in [0.717, 1.165) is 5.69 Å². The van der Waals surface area contributed by atoms with Gasteiger partial charge >= 0.3 is 5.97 Å². The van der Waals surface area contributed by atoms with Crippen molar-refractivity contribution >= 4 is 34.7 Å². The highest BCUT2D eigenvalue weighted by molar-refractivity contribution is 7.99. The number of H-pyrrole nitrogens is 1. The molecule has 0 radical (unpaired) electrons. The number of amides is 1. The van der Waals surface area contributed by atoms with E-state index in [2.05, 4.69) is 15.3 Å². The third-order valence-corrected chi connectivity index (χ3v) is 4.43. The number of fused-ring (bicyclic) bond motifs is 1. The molecule has 26 heavy (non-hydrogen) atoms. The van der Waals surface area contributed by atoms with E-state index in [1.165, 1.54) is 11.8 Å². The Morgan fingerprint density at radius 1 is 1.42 bits per heavy atom. The maximum Gasteiger partial charge on any atom is 0.325 e. The number of hydrogen-bond acceptors (Lipinski definition) is 6. The molecule has 0 unspecified atom stereocenters. The number of aromatic amines is 1. The van der Waals surface area contributed by atoms with Gasteiger partial charge in [-0.05, 0) is 25.8 Å². The summed E-state index contributed by atoms with van der Waals surface area (Å²) in [7, 11) is 0. The molecule has 0 aliphatic rings. The fourth-order valence-electron chi connectivity index (χ4n) is 2.41. The van der Waals surface area contributed by atoms with Gasteiger partial charge in [0.1, 0.15) is 12.1 Å². The zero-order valence-electron chi connectivity index (χ0n) is 15.4. The van der Waals surface area contributed by atoms with Gasteiger partial charge in [-0.2, -0.15) is 0 Å². The zero-order valence-corrected chi connectivity index (χ0v) is 16.2. The smallest absolute Gasteiger partial charge is 0.325 e. The summed E-state index contributed by atoms with van der Waals surface area (Å²) in [6, 6.07) is 1.81. The Balaban J connectivity index is 2.15. The highest BCUT2D eigenvalue weighted by Gasteiger charge is 2.16. The third-order valence-electron chi connectivity index (χ3n) is 3.45. The van der Waals surface area contributed by atoms with Gasteiger partial charge in [-0.1, -0.05) is 25.6 Å². The van der Waals surface area contributed by atoms with E-state index in [1.807, 2.05) is 20.8 Å². The molecule has 2 N–H and O–H groups in total. The minimum atomic E-state index is -0.482. The zero-order chi connectivity index (χ0) is 19.3. The van der Waals surface area contributed by atoms with Gasteiger partial charge in [0.05, 0.1) is 17.9 Å². The molecule has 142 valence electrons. The molecule has 0 atom stereocenters. The van der Waals surface area contributed by atoms with Crippen LogP contribution >= 0.6 is 11.8 Å². The summed E-state index contributed by atoms with van der Waals surface area (Å²) in [6.07, 6.45) is 0. The normalized spacial score (nSPS) is 11.1. The van der Waals surface area contributed by atoms with Crippen LogP contribution in [0.25, 0.3) is 11.0 Å². The topological polar surface area (TPSA) is 106 Å². The predicted octanol–water partition coefficient (Wildman–Crippen LogP) is 1.46. The number of aromatic nitrogens is 3. The molecule has 0 fully saturated rings. The molecular formula is C17H24N4O4S. The average Bonchev–Trinajstić information content (AvgIpc) is 2.94. The molecule has 9 heteroatoms. The van der Waals surface area contributed by atoms with Crippen LogP contribution in [0.4, 0.5) is 0 Å². The van der Waals surface area contributed by atoms with Crippen LogP contribution in [0.3, 0.4) is 0 Å². The largest absolute Gasteiger partial charge is 0.465 e. The summed E-state index contributed by atoms with van der Waals surface area (Å²) in [6.45, 7) is 8.19. The molecule has 0 spiro atoms. The van der Waals surface area contributed by atoms with Gasteiger partial charge in [0, 0.05) is 12.2 Å². The van der Waals surface area contributed by atoms with Crippen molar-refractivity contribution in [3.05, 3.63) is 22.1 Å². The van der Waals surface area contributed by atoms with Crippen LogP contribution in [0.15, 0.2) is 16.0 Å². The third kappa shape index (κ3) is 5.10. The summed E-state index contributed by atoms with van der Waals surface area (Å²) < 4.78 is 6.35. The molecule has 0 saturated carbocycles. The lowest BCUT2D eigenvalue weighted by molar-refractivity contribution is -0.143. The number of nitrogens with one attached hydrogen (secondary N) is 2. The van der Waals surface area contributed by atoms with E-state index in [-0.39, 0.29) is 36.3 Å². The maximum atomic E-state index is 12.7. The Hall–Kier alpha value is -2.29. The quantitative estimate of drug-likeness (QED) is 0.408. The van der Waals surface area contributed by atoms with Crippen LogP contribution in [0.1, 0.15) is 26.5 Å². The van der Waals surface area contributed by atoms with Gasteiger partial charge < -0.3 is 15.0 Å². The van der Waals surface area contributed by atoms with Crippen molar-refractivity contribution in [2.24, 2.45) is 5.92 Å². The van der Waals surface area contributed by atoms with Gasteiger partial charge in [0.2, 0.25) is 5.91 Å². The Morgan fingerprint density at radius 2 is 2.15 bits per heavy atom. The minimum absolute atomic E-state index is 0.0544. The van der Waals surface area contributed by atoms with Crippen LogP contribution in [0.5, 0.6) is 0 Å². The fourth-order valence-corrected chi connectivity index (χ4v) is 3.25. The van der Waals surface area contributed by atoms with E-state index >= 15 is 0 Å². The van der Waals surface area contributed by atoms with E-state index < -0.39 is 5.97 Å². The molecule has 0 aromatic carbocycles. The number of ether oxygens (including phenoxy) is 1. The van der Waals surface area contributed by atoms with E-state index in [0.29, 0.717) is 22.7 Å². The number of rotatable bonds is 8. The van der Waals surface area contributed by atoms with E-state index in [4.69, 9.17) is 4.74 Å². The second kappa shape index (κ2) is 8.88. The van der Waals surface area contributed by atoms with Crippen molar-refractivity contribution in [3.8, 4) is 0 Å². The molecule has 1 amide bonds. The molecular weight excluding hydrogens is 356 g/mol. The maximum absolute atomic E-state index is 12.7. The molecule has 0 aliphatic heterocycles. The van der Waals surface area contributed by atoms with Gasteiger partial charge in [0.25, 0.3) is 5.56 Å². The lowest BCUT2D eigenvalue weighted by Crippen LogP contribution is -2.32. The first-order chi connectivity index (χ1) is 12.3. The summed E-state index contributed by atoms with van der Waals surface area (Å²) in [5.41, 5.74) is 1.77. The van der Waals surface area contributed by atoms with Gasteiger partial charge in [-0.25, -0.2) is 4.98 Å². The van der Waals surface area contributed by atoms with Crippen LogP contribution in [0, 0.1) is 12.8 Å². The Labute approximate surface area is 155 Å². The SMILES string of the molecule is CCOC(=O)CNC(=O)CSc1nc2cc(C)[nH]c2c(=O)n1CC(C)C. The second-order valence-electron chi connectivity index (χ2n) is 6.29. The van der Waals surface area contributed by atoms with Crippen molar-refractivity contribution in [3.63, 3.8) is 0 Å². The summed E-state index contributed by atoms with van der Waals surface area (Å²) >= 11 is 1.17. The van der Waals surface area contributed by atoms with Crippen LogP contribution < -0.4 is 10.9 Å². The first-order valence-electron chi connectivity index (χ1n) is 8.47. The van der Waals surface area contributed by atoms with Gasteiger partial charge in [-0.15, -0.1) is 0 Å². The number of aryl methyl sites for hydroxylation is 1. The average molecular weight is 380 g/mol. The summed E-state index contributed by atoms with van der Waals surface area (Å²) in [4.78, 5) is 43.6. The molecule has 0 saturated heterocycles. The molecule has 2 aromatic heterocycles. The molecule has 8 nitrogen and oxygen atoms in total. The number of carbonyl (C=O) groups excluding carboxylic acids is 2. The highest BCUT2D eigenvalue weighted by atomic mass is 32.2. The number of carbonyl (C=O) groups is 2. The van der Waals surface area contributed by atoms with Gasteiger partial charge in [-0.3, -0.25) is 19.0 Å². The van der Waals surface area contributed by atoms with Crippen molar-refractivity contribution in [1.29, 1.82) is 0 Å². The van der Waals surface area contributed by atoms with Crippen molar-refractivity contribution in [2.75, 3.05) is 18.9 Å². The Bertz CT molecular complexity index is 856. The van der Waals surface area contributed by atoms with Crippen molar-refractivity contribution in [1.82, 2.24) is 19.9 Å². The first-order valence-corrected chi connectivity index (χ1v) is 9.45. The minimum Gasteiger partial charge on any atom is -0.465 e.